The van der Waals surface area contributed by atoms with E-state index in [2.05, 4.69) is 25.2 Å². The summed E-state index contributed by atoms with van der Waals surface area (Å²) >= 11 is 0. The number of allylic oxidation sites excluding steroid dienone is 4. The predicted octanol–water partition coefficient (Wildman–Crippen LogP) is 5.65. The van der Waals surface area contributed by atoms with Crippen LogP contribution in [0.4, 0.5) is 5.69 Å². The minimum atomic E-state index is 0. The molecule has 20 heavy (non-hydrogen) atoms. The van der Waals surface area contributed by atoms with Gasteiger partial charge < -0.3 is 5.73 Å². The van der Waals surface area contributed by atoms with Gasteiger partial charge in [0.25, 0.3) is 0 Å². The van der Waals surface area contributed by atoms with E-state index in [0.717, 1.165) is 27.1 Å². The summed E-state index contributed by atoms with van der Waals surface area (Å²) in [5.74, 6) is 0. The second kappa shape index (κ2) is 19.2. The topological polar surface area (TPSA) is 23.8 Å². The van der Waals surface area contributed by atoms with Crippen LogP contribution in [0.15, 0.2) is 36.4 Å². The Morgan fingerprint density at radius 3 is 1.75 bits per heavy atom. The Balaban J connectivity index is -0.000000102. The molecule has 0 saturated heterocycles. The van der Waals surface area contributed by atoms with Gasteiger partial charge in [0, 0.05) is 35.4 Å². The van der Waals surface area contributed by atoms with E-state index < -0.39 is 0 Å². The summed E-state index contributed by atoms with van der Waals surface area (Å²) in [4.78, 5) is 0. The number of nitrogens with one attached hydrogen (secondary N) is 1. The Labute approximate surface area is 157 Å². The molecule has 1 radical (unpaired) electrons. The normalized spacial score (nSPS) is 9.60. The molecular formula is C15H24Cl2HfNSi-2. The van der Waals surface area contributed by atoms with Gasteiger partial charge in [0.15, 0.2) is 0 Å². The van der Waals surface area contributed by atoms with Gasteiger partial charge in [-0.1, -0.05) is 42.4 Å². The Bertz CT molecular complexity index is 352. The van der Waals surface area contributed by atoms with Crippen LogP contribution in [0.3, 0.4) is 0 Å². The van der Waals surface area contributed by atoms with Crippen LogP contribution in [0.1, 0.15) is 17.5 Å². The molecular weight excluding hydrogens is 472 g/mol. The maximum absolute atomic E-state index is 7.44. The van der Waals surface area contributed by atoms with Crippen molar-refractivity contribution >= 4 is 40.0 Å². The van der Waals surface area contributed by atoms with E-state index in [-0.39, 0.29) is 50.7 Å². The molecule has 113 valence electrons. The Morgan fingerprint density at radius 1 is 1.10 bits per heavy atom. The second-order valence-corrected chi connectivity index (χ2v) is 5.00. The van der Waals surface area contributed by atoms with Crippen molar-refractivity contribution in [2.45, 2.75) is 33.4 Å². The van der Waals surface area contributed by atoms with Gasteiger partial charge >= 0.3 is 0 Å². The third-order valence-electron chi connectivity index (χ3n) is 2.07. The van der Waals surface area contributed by atoms with Crippen LogP contribution in [0, 0.1) is 19.9 Å². The maximum Gasteiger partial charge on any atom is 0.0213 e. The van der Waals surface area contributed by atoms with E-state index in [1.807, 2.05) is 44.2 Å². The van der Waals surface area contributed by atoms with Crippen molar-refractivity contribution in [3.05, 3.63) is 59.4 Å². The van der Waals surface area contributed by atoms with Crippen molar-refractivity contribution in [1.29, 1.82) is 0 Å². The third-order valence-corrected chi connectivity index (χ3v) is 2.07. The van der Waals surface area contributed by atoms with Gasteiger partial charge in [0.2, 0.25) is 0 Å². The van der Waals surface area contributed by atoms with Gasteiger partial charge in [-0.3, -0.25) is 6.08 Å². The van der Waals surface area contributed by atoms with Gasteiger partial charge in [0.05, 0.1) is 0 Å². The van der Waals surface area contributed by atoms with Crippen molar-refractivity contribution in [1.82, 2.24) is 0 Å². The van der Waals surface area contributed by atoms with Gasteiger partial charge in [-0.05, 0) is 13.8 Å². The fourth-order valence-electron chi connectivity index (χ4n) is 1.15. The summed E-state index contributed by atoms with van der Waals surface area (Å²) in [5, 5.41) is 0. The van der Waals surface area contributed by atoms with Crippen molar-refractivity contribution in [3.63, 3.8) is 0 Å². The Morgan fingerprint density at radius 2 is 1.55 bits per heavy atom. The summed E-state index contributed by atoms with van der Waals surface area (Å²) in [6, 6.07) is 5.88. The molecule has 1 aromatic carbocycles. The summed E-state index contributed by atoms with van der Waals surface area (Å²) in [6.07, 6.45) is 10.0. The largest absolute Gasteiger partial charge is 0.698 e. The van der Waals surface area contributed by atoms with Gasteiger partial charge in [-0.2, -0.15) is 6.08 Å². The molecule has 0 saturated carbocycles. The van der Waals surface area contributed by atoms with Crippen LogP contribution < -0.4 is 0 Å². The van der Waals surface area contributed by atoms with E-state index in [1.54, 1.807) is 0 Å². The van der Waals surface area contributed by atoms with Gasteiger partial charge in [-0.25, -0.2) is 12.2 Å². The van der Waals surface area contributed by atoms with Crippen molar-refractivity contribution < 1.29 is 25.8 Å². The standard InChI is InChI=1S/C8H10N.C5H5.C2H7Si.2ClH.Hf/c1-6-4-3-5-7(2)8(6)9;1-2-4-5-3-1;1-3-2;;;/h3-5,9H,1-2H3;1-3H,4H2;3H,1-2H3;2*1H;/q2*-1;;;;. The molecule has 0 atom stereocenters. The van der Waals surface area contributed by atoms with Crippen molar-refractivity contribution in [3.8, 4) is 0 Å². The molecule has 5 heteroatoms. The SMILES string of the molecule is C[SiH]C.Cc1cccc(C)c1[NH-].Cl.Cl.[C-]1=CC=CC1.[Hf]. The second-order valence-electron chi connectivity index (χ2n) is 3.85. The molecule has 0 unspecified atom stereocenters. The number of aryl methyl sites for hydroxylation is 2. The van der Waals surface area contributed by atoms with E-state index in [1.165, 1.54) is 0 Å². The zero-order valence-corrected chi connectivity index (χ0v) is 18.9. The molecule has 1 aliphatic rings. The summed E-state index contributed by atoms with van der Waals surface area (Å²) in [7, 11) is 0.750. The van der Waals surface area contributed by atoms with Crippen molar-refractivity contribution in [2.24, 2.45) is 0 Å². The first-order chi connectivity index (χ1) is 8.13. The molecule has 0 heterocycles. The van der Waals surface area contributed by atoms with E-state index in [4.69, 9.17) is 5.73 Å². The molecule has 0 fully saturated rings. The molecule has 0 aromatic heterocycles. The fourth-order valence-corrected chi connectivity index (χ4v) is 1.15. The number of benzene rings is 1. The van der Waals surface area contributed by atoms with Crippen LogP contribution in [-0.2, 0) is 25.8 Å². The van der Waals surface area contributed by atoms with Gasteiger partial charge in [-0.15, -0.1) is 36.9 Å². The predicted molar refractivity (Wildman–Crippen MR) is 94.8 cm³/mol. The zero-order chi connectivity index (χ0) is 13.1. The minimum absolute atomic E-state index is 0. The first-order valence-electron chi connectivity index (χ1n) is 5.87. The summed E-state index contributed by atoms with van der Waals surface area (Å²) in [6.45, 7) is 8.32. The molecule has 0 spiro atoms. The first-order valence-corrected chi connectivity index (χ1v) is 8.18. The average molecular weight is 496 g/mol. The monoisotopic (exact) mass is 496 g/mol. The maximum atomic E-state index is 7.44. The Kier molecular flexibility index (Phi) is 27.2. The Hall–Kier alpha value is 0.167. The minimum Gasteiger partial charge on any atom is -0.698 e. The fraction of sp³-hybridized carbons (Fsp3) is 0.333. The molecule has 0 amide bonds. The number of halogens is 2. The quantitative estimate of drug-likeness (QED) is 0.328. The molecule has 0 bridgehead atoms. The van der Waals surface area contributed by atoms with Crippen LogP contribution in [0.25, 0.3) is 5.73 Å². The van der Waals surface area contributed by atoms with E-state index in [9.17, 15) is 0 Å². The molecule has 1 nitrogen and oxygen atoms in total. The number of rotatable bonds is 0. The van der Waals surface area contributed by atoms with E-state index >= 15 is 0 Å². The molecule has 2 rings (SSSR count). The molecule has 0 aliphatic heterocycles. The summed E-state index contributed by atoms with van der Waals surface area (Å²) in [5.41, 5.74) is 10.2. The van der Waals surface area contributed by atoms with Crippen LogP contribution in [0.2, 0.25) is 13.1 Å². The smallest absolute Gasteiger partial charge is 0.0213 e. The van der Waals surface area contributed by atoms with Crippen LogP contribution >= 0.6 is 24.8 Å². The van der Waals surface area contributed by atoms with Crippen LogP contribution in [-0.4, -0.2) is 9.52 Å². The zero-order valence-electron chi connectivity index (χ0n) is 12.6. The van der Waals surface area contributed by atoms with Crippen molar-refractivity contribution in [2.75, 3.05) is 0 Å². The number of hydrogen-bond acceptors (Lipinski definition) is 0. The first kappa shape index (κ1) is 28.3. The third kappa shape index (κ3) is 14.6. The van der Waals surface area contributed by atoms with E-state index in [0.29, 0.717) is 5.69 Å². The number of hydrogen-bond donors (Lipinski definition) is 0. The molecule has 1 aliphatic carbocycles. The summed E-state index contributed by atoms with van der Waals surface area (Å²) < 4.78 is 0. The van der Waals surface area contributed by atoms with Crippen LogP contribution in [0.5, 0.6) is 0 Å². The molecule has 1 N–H and O–H groups in total. The average Bonchev–Trinajstić information content (AvgIpc) is 2.85. The molecule has 1 aromatic rings. The van der Waals surface area contributed by atoms with Gasteiger partial charge in [0.1, 0.15) is 0 Å².